The minimum Gasteiger partial charge on any atom is -0.481 e. The van der Waals surface area contributed by atoms with E-state index in [1.165, 1.54) is 0 Å². The summed E-state index contributed by atoms with van der Waals surface area (Å²) >= 11 is 3.25. The SMILES string of the molecule is Cc1ccc(C(CC(=O)O)C2CC2)c(Br)c1F. The summed E-state index contributed by atoms with van der Waals surface area (Å²) in [5.74, 6) is -0.783. The fourth-order valence-corrected chi connectivity index (χ4v) is 2.90. The van der Waals surface area contributed by atoms with Crippen LogP contribution in [0.5, 0.6) is 0 Å². The van der Waals surface area contributed by atoms with Gasteiger partial charge in [-0.2, -0.15) is 0 Å². The number of carbonyl (C=O) groups is 1. The fraction of sp³-hybridized carbons (Fsp3) is 0.462. The number of carboxylic acid groups (broad SMARTS) is 1. The van der Waals surface area contributed by atoms with Crippen LogP contribution in [-0.4, -0.2) is 11.1 Å². The molecule has 1 atom stereocenters. The quantitative estimate of drug-likeness (QED) is 0.916. The van der Waals surface area contributed by atoms with Gasteiger partial charge in [0.15, 0.2) is 0 Å². The number of rotatable bonds is 4. The van der Waals surface area contributed by atoms with E-state index >= 15 is 0 Å². The third-order valence-corrected chi connectivity index (χ3v) is 4.10. The Morgan fingerprint density at radius 3 is 2.76 bits per heavy atom. The summed E-state index contributed by atoms with van der Waals surface area (Å²) in [6, 6.07) is 3.56. The summed E-state index contributed by atoms with van der Waals surface area (Å²) < 4.78 is 14.2. The van der Waals surface area contributed by atoms with Crippen LogP contribution in [-0.2, 0) is 4.79 Å². The number of halogens is 2. The third kappa shape index (κ3) is 2.68. The number of carboxylic acids is 1. The normalized spacial score (nSPS) is 16.9. The standard InChI is InChI=1S/C13H14BrFO2/c1-7-2-5-9(12(14)13(7)15)10(6-11(16)17)8-3-4-8/h2,5,8,10H,3-4,6H2,1H3,(H,16,17). The van der Waals surface area contributed by atoms with E-state index in [1.54, 1.807) is 13.0 Å². The number of hydrogen-bond donors (Lipinski definition) is 1. The van der Waals surface area contributed by atoms with E-state index in [9.17, 15) is 9.18 Å². The van der Waals surface area contributed by atoms with E-state index < -0.39 is 5.97 Å². The highest BCUT2D eigenvalue weighted by molar-refractivity contribution is 9.10. The molecule has 1 aliphatic rings. The highest BCUT2D eigenvalue weighted by Crippen LogP contribution is 2.46. The van der Waals surface area contributed by atoms with Gasteiger partial charge in [-0.25, -0.2) is 4.39 Å². The second kappa shape index (κ2) is 4.77. The molecule has 1 aliphatic carbocycles. The molecule has 0 heterocycles. The van der Waals surface area contributed by atoms with Crippen LogP contribution in [0.15, 0.2) is 16.6 Å². The average molecular weight is 301 g/mol. The number of hydrogen-bond acceptors (Lipinski definition) is 1. The summed E-state index contributed by atoms with van der Waals surface area (Å²) in [4.78, 5) is 10.9. The number of benzene rings is 1. The predicted molar refractivity (Wildman–Crippen MR) is 66.6 cm³/mol. The Morgan fingerprint density at radius 1 is 1.59 bits per heavy atom. The first-order valence-electron chi connectivity index (χ1n) is 5.67. The molecule has 0 saturated heterocycles. The van der Waals surface area contributed by atoms with E-state index in [2.05, 4.69) is 15.9 Å². The molecule has 0 aromatic heterocycles. The zero-order valence-electron chi connectivity index (χ0n) is 9.54. The minimum atomic E-state index is -0.824. The van der Waals surface area contributed by atoms with Gasteiger partial charge in [0.25, 0.3) is 0 Å². The van der Waals surface area contributed by atoms with E-state index in [1.807, 2.05) is 6.07 Å². The van der Waals surface area contributed by atoms with Gasteiger partial charge < -0.3 is 5.11 Å². The summed E-state index contributed by atoms with van der Waals surface area (Å²) in [5.41, 5.74) is 1.36. The molecule has 1 fully saturated rings. The summed E-state index contributed by atoms with van der Waals surface area (Å²) in [5, 5.41) is 8.93. The summed E-state index contributed by atoms with van der Waals surface area (Å²) in [7, 11) is 0. The Labute approximate surface area is 108 Å². The highest BCUT2D eigenvalue weighted by atomic mass is 79.9. The third-order valence-electron chi connectivity index (χ3n) is 3.29. The molecular formula is C13H14BrFO2. The van der Waals surface area contributed by atoms with Gasteiger partial charge in [-0.1, -0.05) is 12.1 Å². The van der Waals surface area contributed by atoms with Gasteiger partial charge in [-0.3, -0.25) is 4.79 Å². The lowest BCUT2D eigenvalue weighted by molar-refractivity contribution is -0.137. The van der Waals surface area contributed by atoms with Gasteiger partial charge >= 0.3 is 5.97 Å². The van der Waals surface area contributed by atoms with Crippen molar-refractivity contribution in [2.24, 2.45) is 5.92 Å². The molecule has 1 aromatic carbocycles. The number of aliphatic carboxylic acids is 1. The monoisotopic (exact) mass is 300 g/mol. The van der Waals surface area contributed by atoms with Crippen molar-refractivity contribution in [2.75, 3.05) is 0 Å². The van der Waals surface area contributed by atoms with Gasteiger partial charge in [0.2, 0.25) is 0 Å². The number of aryl methyl sites for hydroxylation is 1. The Balaban J connectivity index is 2.35. The first-order chi connectivity index (χ1) is 8.00. The van der Waals surface area contributed by atoms with E-state index in [-0.39, 0.29) is 18.2 Å². The molecule has 0 amide bonds. The summed E-state index contributed by atoms with van der Waals surface area (Å²) in [6.07, 6.45) is 2.16. The lowest BCUT2D eigenvalue weighted by Crippen LogP contribution is -2.10. The maximum Gasteiger partial charge on any atom is 0.303 e. The molecule has 1 saturated carbocycles. The van der Waals surface area contributed by atoms with Gasteiger partial charge in [0.1, 0.15) is 5.82 Å². The van der Waals surface area contributed by atoms with Crippen LogP contribution >= 0.6 is 15.9 Å². The molecule has 1 unspecified atom stereocenters. The maximum atomic E-state index is 13.8. The van der Waals surface area contributed by atoms with Crippen molar-refractivity contribution >= 4 is 21.9 Å². The molecule has 1 aromatic rings. The van der Waals surface area contributed by atoms with E-state index in [0.717, 1.165) is 18.4 Å². The first kappa shape index (κ1) is 12.6. The Morgan fingerprint density at radius 2 is 2.24 bits per heavy atom. The largest absolute Gasteiger partial charge is 0.481 e. The molecular weight excluding hydrogens is 287 g/mol. The molecule has 2 nitrogen and oxygen atoms in total. The molecule has 92 valence electrons. The molecule has 2 rings (SSSR count). The van der Waals surface area contributed by atoms with Crippen LogP contribution < -0.4 is 0 Å². The van der Waals surface area contributed by atoms with Crippen molar-refractivity contribution in [3.05, 3.63) is 33.5 Å². The van der Waals surface area contributed by atoms with Crippen LogP contribution in [0.4, 0.5) is 4.39 Å². The smallest absolute Gasteiger partial charge is 0.303 e. The Bertz CT molecular complexity index is 455. The first-order valence-corrected chi connectivity index (χ1v) is 6.46. The second-order valence-corrected chi connectivity index (χ2v) is 5.43. The second-order valence-electron chi connectivity index (χ2n) is 4.64. The van der Waals surface area contributed by atoms with Gasteiger partial charge in [-0.05, 0) is 58.7 Å². The summed E-state index contributed by atoms with van der Waals surface area (Å²) in [6.45, 7) is 1.70. The van der Waals surface area contributed by atoms with Crippen molar-refractivity contribution in [2.45, 2.75) is 32.1 Å². The Kier molecular flexibility index (Phi) is 3.52. The maximum absolute atomic E-state index is 13.8. The molecule has 1 N–H and O–H groups in total. The van der Waals surface area contributed by atoms with Crippen molar-refractivity contribution in [1.29, 1.82) is 0 Å². The fourth-order valence-electron chi connectivity index (χ4n) is 2.16. The van der Waals surface area contributed by atoms with Crippen LogP contribution in [0, 0.1) is 18.7 Å². The molecule has 0 bridgehead atoms. The molecule has 0 aliphatic heterocycles. The van der Waals surface area contributed by atoms with E-state index in [4.69, 9.17) is 5.11 Å². The molecule has 0 spiro atoms. The topological polar surface area (TPSA) is 37.3 Å². The zero-order valence-corrected chi connectivity index (χ0v) is 11.1. The lowest BCUT2D eigenvalue weighted by Gasteiger charge is -2.17. The average Bonchev–Trinajstić information content (AvgIpc) is 3.07. The highest BCUT2D eigenvalue weighted by Gasteiger charge is 2.35. The molecule has 4 heteroatoms. The van der Waals surface area contributed by atoms with Crippen molar-refractivity contribution in [1.82, 2.24) is 0 Å². The van der Waals surface area contributed by atoms with E-state index in [0.29, 0.717) is 16.0 Å². The van der Waals surface area contributed by atoms with Crippen molar-refractivity contribution < 1.29 is 14.3 Å². The minimum absolute atomic E-state index is 0.0722. The molecule has 0 radical (unpaired) electrons. The van der Waals surface area contributed by atoms with Crippen LogP contribution in [0.2, 0.25) is 0 Å². The van der Waals surface area contributed by atoms with Gasteiger partial charge in [-0.15, -0.1) is 0 Å². The van der Waals surface area contributed by atoms with Gasteiger partial charge in [0.05, 0.1) is 10.9 Å². The zero-order chi connectivity index (χ0) is 12.6. The Hall–Kier alpha value is -0.900. The lowest BCUT2D eigenvalue weighted by atomic mass is 9.90. The van der Waals surface area contributed by atoms with Crippen molar-refractivity contribution in [3.8, 4) is 0 Å². The predicted octanol–water partition coefficient (Wildman–Crippen LogP) is 3.86. The van der Waals surface area contributed by atoms with Gasteiger partial charge in [0, 0.05) is 0 Å². The van der Waals surface area contributed by atoms with Crippen LogP contribution in [0.25, 0.3) is 0 Å². The van der Waals surface area contributed by atoms with Crippen LogP contribution in [0.1, 0.15) is 36.3 Å². The van der Waals surface area contributed by atoms with Crippen LogP contribution in [0.3, 0.4) is 0 Å². The van der Waals surface area contributed by atoms with Crippen molar-refractivity contribution in [3.63, 3.8) is 0 Å². The molecule has 17 heavy (non-hydrogen) atoms.